The molecule has 0 amide bonds. The van der Waals surface area contributed by atoms with E-state index >= 15 is 0 Å². The topological polar surface area (TPSA) is 71.5 Å². The molecule has 0 fully saturated rings. The van der Waals surface area contributed by atoms with E-state index in [-0.39, 0.29) is 6.54 Å². The van der Waals surface area contributed by atoms with Crippen molar-refractivity contribution in [2.45, 2.75) is 6.54 Å². The largest absolute Gasteiger partial charge is 0.456 e. The summed E-state index contributed by atoms with van der Waals surface area (Å²) in [6, 6.07) is 18.3. The Morgan fingerprint density at radius 3 is 2.64 bits per heavy atom. The monoisotopic (exact) mass is 314 g/mol. The zero-order valence-corrected chi connectivity index (χ0v) is 12.6. The van der Waals surface area contributed by atoms with Gasteiger partial charge in [-0.25, -0.2) is 9.65 Å². The highest BCUT2D eigenvalue weighted by Crippen LogP contribution is 2.41. The molecule has 0 aliphatic rings. The van der Waals surface area contributed by atoms with Crippen LogP contribution in [0.2, 0.25) is 0 Å². The van der Waals surface area contributed by atoms with E-state index in [1.807, 2.05) is 36.4 Å². The maximum atomic E-state index is 12.2. The molecule has 1 unspecified atom stereocenters. The zero-order chi connectivity index (χ0) is 15.4. The lowest BCUT2D eigenvalue weighted by Crippen LogP contribution is -2.14. The molecule has 2 N–H and O–H groups in total. The summed E-state index contributed by atoms with van der Waals surface area (Å²) in [7, 11) is -3.97. The van der Waals surface area contributed by atoms with Gasteiger partial charge in [-0.05, 0) is 23.6 Å². The average molecular weight is 314 g/mol. The van der Waals surface area contributed by atoms with Crippen LogP contribution < -0.4 is 9.61 Å². The van der Waals surface area contributed by atoms with Crippen molar-refractivity contribution in [1.29, 1.82) is 0 Å². The summed E-state index contributed by atoms with van der Waals surface area (Å²) in [6.45, 7) is 0.152. The van der Waals surface area contributed by atoms with Crippen molar-refractivity contribution < 1.29 is 14.0 Å². The third-order valence-electron chi connectivity index (χ3n) is 3.16. The summed E-state index contributed by atoms with van der Waals surface area (Å²) >= 11 is 0. The van der Waals surface area contributed by atoms with Gasteiger partial charge in [-0.15, -0.1) is 0 Å². The van der Waals surface area contributed by atoms with Crippen molar-refractivity contribution in [1.82, 2.24) is 10.1 Å². The Kier molecular flexibility index (Phi) is 4.20. The number of benzene rings is 2. The van der Waals surface area contributed by atoms with Crippen molar-refractivity contribution in [2.75, 3.05) is 0 Å². The Bertz CT molecular complexity index is 818. The molecule has 0 spiro atoms. The maximum Gasteiger partial charge on any atom is 0.456 e. The second-order valence-corrected chi connectivity index (χ2v) is 6.28. The highest BCUT2D eigenvalue weighted by Gasteiger charge is 2.21. The van der Waals surface area contributed by atoms with Crippen molar-refractivity contribution in [3.8, 4) is 5.75 Å². The first-order chi connectivity index (χ1) is 10.6. The van der Waals surface area contributed by atoms with E-state index < -0.39 is 7.75 Å². The number of fused-ring (bicyclic) bond motifs is 1. The quantitative estimate of drug-likeness (QED) is 0.705. The third kappa shape index (κ3) is 3.52. The molecule has 0 bridgehead atoms. The first-order valence-corrected chi connectivity index (χ1v) is 8.37. The number of rotatable bonds is 5. The number of pyridine rings is 1. The minimum Gasteiger partial charge on any atom is -0.413 e. The number of hydrogen-bond acceptors (Lipinski definition) is 3. The van der Waals surface area contributed by atoms with E-state index in [0.717, 1.165) is 10.8 Å². The normalized spacial score (nSPS) is 13.7. The Balaban J connectivity index is 1.77. The average Bonchev–Trinajstić information content (AvgIpc) is 2.54. The Morgan fingerprint density at radius 2 is 1.82 bits per heavy atom. The van der Waals surface area contributed by atoms with Gasteiger partial charge in [0, 0.05) is 18.1 Å². The van der Waals surface area contributed by atoms with Gasteiger partial charge >= 0.3 is 7.75 Å². The fourth-order valence-electron chi connectivity index (χ4n) is 2.12. The molecule has 1 aromatic heterocycles. The van der Waals surface area contributed by atoms with E-state index in [1.54, 1.807) is 30.5 Å². The molecule has 0 radical (unpaired) electrons. The van der Waals surface area contributed by atoms with E-state index in [9.17, 15) is 9.46 Å². The van der Waals surface area contributed by atoms with Gasteiger partial charge in [0.05, 0.1) is 5.69 Å². The SMILES string of the molecule is O=P(O)(NCc1ccccn1)Oc1cccc2ccccc12. The molecule has 22 heavy (non-hydrogen) atoms. The predicted molar refractivity (Wildman–Crippen MR) is 85.5 cm³/mol. The Labute approximate surface area is 128 Å². The molecule has 0 saturated carbocycles. The van der Waals surface area contributed by atoms with Gasteiger partial charge in [-0.1, -0.05) is 42.5 Å². The lowest BCUT2D eigenvalue weighted by Gasteiger charge is -2.15. The van der Waals surface area contributed by atoms with Gasteiger partial charge in [0.25, 0.3) is 0 Å². The molecule has 6 heteroatoms. The van der Waals surface area contributed by atoms with Gasteiger partial charge < -0.3 is 9.42 Å². The van der Waals surface area contributed by atoms with Crippen LogP contribution in [-0.2, 0) is 11.1 Å². The first-order valence-electron chi connectivity index (χ1n) is 6.79. The molecule has 5 nitrogen and oxygen atoms in total. The van der Waals surface area contributed by atoms with Gasteiger partial charge in [0.2, 0.25) is 0 Å². The van der Waals surface area contributed by atoms with Crippen LogP contribution in [0.25, 0.3) is 10.8 Å². The molecule has 0 saturated heterocycles. The van der Waals surface area contributed by atoms with Crippen molar-refractivity contribution in [3.63, 3.8) is 0 Å². The van der Waals surface area contributed by atoms with Gasteiger partial charge in [0.1, 0.15) is 5.75 Å². The fourth-order valence-corrected chi connectivity index (χ4v) is 2.98. The number of nitrogens with one attached hydrogen (secondary N) is 1. The summed E-state index contributed by atoms with van der Waals surface area (Å²) in [4.78, 5) is 14.1. The maximum absolute atomic E-state index is 12.2. The lowest BCUT2D eigenvalue weighted by molar-refractivity contribution is 0.365. The summed E-state index contributed by atoms with van der Waals surface area (Å²) in [5.41, 5.74) is 0.665. The van der Waals surface area contributed by atoms with Crippen molar-refractivity contribution in [2.24, 2.45) is 0 Å². The van der Waals surface area contributed by atoms with Crippen LogP contribution >= 0.6 is 7.75 Å². The van der Waals surface area contributed by atoms with Crippen LogP contribution in [0.1, 0.15) is 5.69 Å². The summed E-state index contributed by atoms with van der Waals surface area (Å²) in [5.74, 6) is 0.373. The minimum absolute atomic E-state index is 0.152. The molecule has 0 aliphatic carbocycles. The van der Waals surface area contributed by atoms with Gasteiger partial charge in [-0.3, -0.25) is 4.98 Å². The van der Waals surface area contributed by atoms with E-state index in [0.29, 0.717) is 11.4 Å². The second kappa shape index (κ2) is 6.28. The van der Waals surface area contributed by atoms with Crippen LogP contribution in [0, 0.1) is 0 Å². The zero-order valence-electron chi connectivity index (χ0n) is 11.7. The molecule has 3 rings (SSSR count). The van der Waals surface area contributed by atoms with E-state index in [1.165, 1.54) is 0 Å². The standard InChI is InChI=1S/C16H15N2O3P/c19-22(20,18-12-14-8-3-4-11-17-14)21-16-10-5-7-13-6-1-2-9-15(13)16/h1-11H,12H2,(H2,18,19,20). The lowest BCUT2D eigenvalue weighted by atomic mass is 10.1. The van der Waals surface area contributed by atoms with Crippen LogP contribution in [0.5, 0.6) is 5.75 Å². The second-order valence-electron chi connectivity index (χ2n) is 4.74. The van der Waals surface area contributed by atoms with Crippen molar-refractivity contribution in [3.05, 3.63) is 72.6 Å². The highest BCUT2D eigenvalue weighted by atomic mass is 31.2. The highest BCUT2D eigenvalue weighted by molar-refractivity contribution is 7.51. The van der Waals surface area contributed by atoms with E-state index in [4.69, 9.17) is 4.52 Å². The number of hydrogen-bond donors (Lipinski definition) is 2. The molecule has 3 aromatic rings. The predicted octanol–water partition coefficient (Wildman–Crippen LogP) is 3.50. The van der Waals surface area contributed by atoms with Crippen LogP contribution in [-0.4, -0.2) is 9.88 Å². The third-order valence-corrected chi connectivity index (χ3v) is 4.16. The summed E-state index contributed by atoms with van der Waals surface area (Å²) in [5, 5.41) is 4.25. The van der Waals surface area contributed by atoms with Gasteiger partial charge in [0.15, 0.2) is 0 Å². The van der Waals surface area contributed by atoms with Crippen LogP contribution in [0.4, 0.5) is 0 Å². The molecule has 2 aromatic carbocycles. The van der Waals surface area contributed by atoms with Crippen LogP contribution in [0.15, 0.2) is 66.9 Å². The van der Waals surface area contributed by atoms with E-state index in [2.05, 4.69) is 10.1 Å². The summed E-state index contributed by atoms with van der Waals surface area (Å²) in [6.07, 6.45) is 1.63. The smallest absolute Gasteiger partial charge is 0.413 e. The molecule has 1 heterocycles. The molecule has 1 atom stereocenters. The fraction of sp³-hybridized carbons (Fsp3) is 0.0625. The number of nitrogens with zero attached hydrogens (tertiary/aromatic N) is 1. The van der Waals surface area contributed by atoms with Crippen molar-refractivity contribution >= 4 is 18.5 Å². The molecular formula is C16H15N2O3P. The summed E-state index contributed by atoms with van der Waals surface area (Å²) < 4.78 is 17.5. The Hall–Kier alpha value is -2.20. The molecule has 112 valence electrons. The first kappa shape index (κ1) is 14.7. The Morgan fingerprint density at radius 1 is 1.05 bits per heavy atom. The van der Waals surface area contributed by atoms with Crippen LogP contribution in [0.3, 0.4) is 0 Å². The molecule has 0 aliphatic heterocycles. The molecular weight excluding hydrogens is 299 g/mol. The van der Waals surface area contributed by atoms with Gasteiger partial charge in [-0.2, -0.15) is 0 Å². The minimum atomic E-state index is -3.97. The number of aromatic nitrogens is 1.